The van der Waals surface area contributed by atoms with E-state index < -0.39 is 0 Å². The number of halogens is 1. The van der Waals surface area contributed by atoms with E-state index >= 15 is 0 Å². The van der Waals surface area contributed by atoms with E-state index in [1.165, 1.54) is 23.5 Å². The van der Waals surface area contributed by atoms with E-state index in [1.807, 2.05) is 12.1 Å². The van der Waals surface area contributed by atoms with Gasteiger partial charge in [-0.25, -0.2) is 9.37 Å². The summed E-state index contributed by atoms with van der Waals surface area (Å²) in [6, 6.07) is 15.7. The van der Waals surface area contributed by atoms with Gasteiger partial charge in [0.05, 0.1) is 12.7 Å². The molecule has 0 saturated carbocycles. The lowest BCUT2D eigenvalue weighted by Crippen LogP contribution is -2.11. The molecule has 0 aliphatic heterocycles. The van der Waals surface area contributed by atoms with Gasteiger partial charge in [-0.05, 0) is 42.8 Å². The molecule has 2 heterocycles. The van der Waals surface area contributed by atoms with E-state index in [0.717, 1.165) is 9.75 Å². The smallest absolute Gasteiger partial charge is 0.249 e. The van der Waals surface area contributed by atoms with Gasteiger partial charge in [-0.3, -0.25) is 4.79 Å². The number of hydrogen-bond acceptors (Lipinski definition) is 5. The van der Waals surface area contributed by atoms with Crippen LogP contribution in [0.5, 0.6) is 5.75 Å². The SMILES string of the molecule is N#CCCCOc1cccnc1NC(=O)/C=C/c1ccc(-c2ccccc2F)s1. The number of nitriles is 1. The third-order valence-electron chi connectivity index (χ3n) is 3.87. The Morgan fingerprint density at radius 1 is 1.24 bits per heavy atom. The predicted octanol–water partition coefficient (Wildman–Crippen LogP) is 5.28. The highest BCUT2D eigenvalue weighted by molar-refractivity contribution is 7.16. The van der Waals surface area contributed by atoms with Crippen LogP contribution in [0.2, 0.25) is 0 Å². The van der Waals surface area contributed by atoms with Crippen molar-refractivity contribution < 1.29 is 13.9 Å². The van der Waals surface area contributed by atoms with E-state index in [2.05, 4.69) is 16.4 Å². The number of amides is 1. The first-order chi connectivity index (χ1) is 14.2. The van der Waals surface area contributed by atoms with Crippen molar-refractivity contribution in [3.8, 4) is 22.3 Å². The average molecular weight is 407 g/mol. The standard InChI is InChI=1S/C22H18FN3O2S/c23-18-7-2-1-6-17(18)20-11-9-16(29-20)10-12-21(27)26-22-19(8-5-14-25-22)28-15-4-3-13-24/h1-2,5-12,14H,3-4,15H2,(H,25,26,27)/b12-10+. The first-order valence-electron chi connectivity index (χ1n) is 8.96. The lowest BCUT2D eigenvalue weighted by Gasteiger charge is -2.09. The number of hydrogen-bond donors (Lipinski definition) is 1. The van der Waals surface area contributed by atoms with E-state index in [-0.39, 0.29) is 11.7 Å². The first kappa shape index (κ1) is 20.2. The van der Waals surface area contributed by atoms with Crippen LogP contribution in [0.3, 0.4) is 0 Å². The fraction of sp³-hybridized carbons (Fsp3) is 0.136. The maximum atomic E-state index is 13.9. The van der Waals surface area contributed by atoms with E-state index in [4.69, 9.17) is 10.00 Å². The number of benzene rings is 1. The monoisotopic (exact) mass is 407 g/mol. The molecule has 3 rings (SSSR count). The molecule has 0 atom stereocenters. The van der Waals surface area contributed by atoms with Crippen LogP contribution in [0.4, 0.5) is 10.2 Å². The number of carbonyl (C=O) groups excluding carboxylic acids is 1. The summed E-state index contributed by atoms with van der Waals surface area (Å²) in [7, 11) is 0. The Balaban J connectivity index is 1.62. The highest BCUT2D eigenvalue weighted by Crippen LogP contribution is 2.30. The molecule has 0 spiro atoms. The minimum Gasteiger partial charge on any atom is -0.490 e. The number of carbonyl (C=O) groups is 1. The molecule has 0 radical (unpaired) electrons. The third-order valence-corrected chi connectivity index (χ3v) is 4.95. The molecule has 146 valence electrons. The zero-order chi connectivity index (χ0) is 20.5. The summed E-state index contributed by atoms with van der Waals surface area (Å²) in [5, 5.41) is 11.3. The average Bonchev–Trinajstić information content (AvgIpc) is 3.20. The molecule has 0 bridgehead atoms. The lowest BCUT2D eigenvalue weighted by atomic mass is 10.2. The lowest BCUT2D eigenvalue weighted by molar-refractivity contribution is -0.111. The molecule has 0 aliphatic rings. The molecule has 2 aromatic heterocycles. The number of rotatable bonds is 8. The Bertz CT molecular complexity index is 1060. The molecule has 0 saturated heterocycles. The van der Waals surface area contributed by atoms with Crippen LogP contribution in [0.1, 0.15) is 17.7 Å². The largest absolute Gasteiger partial charge is 0.490 e. The van der Waals surface area contributed by atoms with Crippen molar-refractivity contribution in [1.82, 2.24) is 4.98 Å². The number of aromatic nitrogens is 1. The summed E-state index contributed by atoms with van der Waals surface area (Å²) in [6.07, 6.45) is 5.62. The Morgan fingerprint density at radius 3 is 2.93 bits per heavy atom. The molecule has 0 fully saturated rings. The summed E-state index contributed by atoms with van der Waals surface area (Å²) in [6.45, 7) is 0.367. The van der Waals surface area contributed by atoms with E-state index in [9.17, 15) is 9.18 Å². The Labute approximate surface area is 172 Å². The summed E-state index contributed by atoms with van der Waals surface area (Å²) in [5.41, 5.74) is 0.535. The van der Waals surface area contributed by atoms with E-state index in [1.54, 1.807) is 42.6 Å². The zero-order valence-corrected chi connectivity index (χ0v) is 16.3. The van der Waals surface area contributed by atoms with Gasteiger partial charge in [0.15, 0.2) is 11.6 Å². The highest BCUT2D eigenvalue weighted by atomic mass is 32.1. The summed E-state index contributed by atoms with van der Waals surface area (Å²) in [4.78, 5) is 18.0. The van der Waals surface area contributed by atoms with Gasteiger partial charge >= 0.3 is 0 Å². The zero-order valence-electron chi connectivity index (χ0n) is 15.5. The Morgan fingerprint density at radius 2 is 2.10 bits per heavy atom. The molecule has 1 aromatic carbocycles. The normalized spacial score (nSPS) is 10.6. The molecular weight excluding hydrogens is 389 g/mol. The summed E-state index contributed by atoms with van der Waals surface area (Å²) >= 11 is 1.39. The van der Waals surface area contributed by atoms with Crippen LogP contribution in [0, 0.1) is 17.1 Å². The fourth-order valence-electron chi connectivity index (χ4n) is 2.50. The number of ether oxygens (including phenoxy) is 1. The van der Waals surface area contributed by atoms with Crippen molar-refractivity contribution >= 4 is 29.1 Å². The van der Waals surface area contributed by atoms with E-state index in [0.29, 0.717) is 36.6 Å². The van der Waals surface area contributed by atoms with Gasteiger partial charge in [0.1, 0.15) is 5.82 Å². The van der Waals surface area contributed by atoms with Crippen LogP contribution < -0.4 is 10.1 Å². The molecule has 0 aliphatic carbocycles. The number of pyridine rings is 1. The van der Waals surface area contributed by atoms with Crippen molar-refractivity contribution in [3.63, 3.8) is 0 Å². The van der Waals surface area contributed by atoms with Crippen LogP contribution in [0.25, 0.3) is 16.5 Å². The molecule has 5 nitrogen and oxygen atoms in total. The number of nitrogens with zero attached hydrogens (tertiary/aromatic N) is 2. The molecule has 29 heavy (non-hydrogen) atoms. The van der Waals surface area contributed by atoms with Gasteiger partial charge in [-0.1, -0.05) is 18.2 Å². The molecule has 1 amide bonds. The second kappa shape index (κ2) is 10.2. The van der Waals surface area contributed by atoms with Crippen LogP contribution in [-0.2, 0) is 4.79 Å². The second-order valence-corrected chi connectivity index (χ2v) is 7.08. The Hall–Kier alpha value is -3.50. The topological polar surface area (TPSA) is 75.0 Å². The minimum absolute atomic E-state index is 0.278. The number of nitrogens with one attached hydrogen (secondary N) is 1. The fourth-order valence-corrected chi connectivity index (χ4v) is 3.44. The first-order valence-corrected chi connectivity index (χ1v) is 9.77. The Kier molecular flexibility index (Phi) is 7.09. The third kappa shape index (κ3) is 5.74. The van der Waals surface area contributed by atoms with Gasteiger partial charge in [0.2, 0.25) is 5.91 Å². The van der Waals surface area contributed by atoms with Crippen molar-refractivity contribution in [2.24, 2.45) is 0 Å². The van der Waals surface area contributed by atoms with Crippen molar-refractivity contribution in [2.45, 2.75) is 12.8 Å². The van der Waals surface area contributed by atoms with Crippen LogP contribution in [0.15, 0.2) is 60.8 Å². The van der Waals surface area contributed by atoms with Crippen LogP contribution in [-0.4, -0.2) is 17.5 Å². The summed E-state index contributed by atoms with van der Waals surface area (Å²) in [5.74, 6) is 0.133. The maximum Gasteiger partial charge on any atom is 0.249 e. The number of thiophene rings is 1. The summed E-state index contributed by atoms with van der Waals surface area (Å²) < 4.78 is 19.5. The van der Waals surface area contributed by atoms with Gasteiger partial charge in [-0.15, -0.1) is 11.3 Å². The van der Waals surface area contributed by atoms with Gasteiger partial charge in [-0.2, -0.15) is 5.26 Å². The molecule has 7 heteroatoms. The quantitative estimate of drug-likeness (QED) is 0.407. The second-order valence-electron chi connectivity index (χ2n) is 5.96. The molecule has 3 aromatic rings. The van der Waals surface area contributed by atoms with Crippen LogP contribution >= 0.6 is 11.3 Å². The maximum absolute atomic E-state index is 13.9. The van der Waals surface area contributed by atoms with Gasteiger partial charge < -0.3 is 10.1 Å². The van der Waals surface area contributed by atoms with Crippen molar-refractivity contribution in [2.75, 3.05) is 11.9 Å². The number of unbranched alkanes of at least 4 members (excludes halogenated alkanes) is 1. The van der Waals surface area contributed by atoms with Crippen molar-refractivity contribution in [3.05, 3.63) is 71.5 Å². The highest BCUT2D eigenvalue weighted by Gasteiger charge is 2.08. The minimum atomic E-state index is -0.355. The predicted molar refractivity (Wildman–Crippen MR) is 112 cm³/mol. The van der Waals surface area contributed by atoms with Crippen molar-refractivity contribution in [1.29, 1.82) is 5.26 Å². The van der Waals surface area contributed by atoms with Gasteiger partial charge in [0, 0.05) is 34.0 Å². The molecule has 1 N–H and O–H groups in total. The molecule has 0 unspecified atom stereocenters. The molecular formula is C22H18FN3O2S. The van der Waals surface area contributed by atoms with Gasteiger partial charge in [0.25, 0.3) is 0 Å². The number of anilines is 1.